The van der Waals surface area contributed by atoms with Crippen molar-refractivity contribution in [2.45, 2.75) is 38.4 Å². The van der Waals surface area contributed by atoms with Gasteiger partial charge in [-0.15, -0.1) is 0 Å². The molecule has 1 aliphatic rings. The molecule has 0 amide bonds. The van der Waals surface area contributed by atoms with E-state index in [0.29, 0.717) is 25.0 Å². The molecular weight excluding hydrogens is 310 g/mol. The number of benzene rings is 1. The topological polar surface area (TPSA) is 99.6 Å². The lowest BCUT2D eigenvalue weighted by Crippen LogP contribution is -2.29. The van der Waals surface area contributed by atoms with Crippen molar-refractivity contribution in [3.63, 3.8) is 0 Å². The molecule has 24 heavy (non-hydrogen) atoms. The highest BCUT2D eigenvalue weighted by atomic mass is 16.5. The molecule has 0 radical (unpaired) electrons. The molecule has 1 aromatic heterocycles. The van der Waals surface area contributed by atoms with Crippen molar-refractivity contribution >= 4 is 5.82 Å². The predicted molar refractivity (Wildman–Crippen MR) is 88.1 cm³/mol. The fourth-order valence-corrected chi connectivity index (χ4v) is 2.72. The molecule has 1 aromatic carbocycles. The average Bonchev–Trinajstić information content (AvgIpc) is 3.06. The fourth-order valence-electron chi connectivity index (χ4n) is 2.72. The Balaban J connectivity index is 1.69. The Morgan fingerprint density at radius 3 is 2.79 bits per heavy atom. The quantitative estimate of drug-likeness (QED) is 0.825. The molecule has 7 nitrogen and oxygen atoms in total. The number of nitrogens with two attached hydrogens (primary N) is 1. The summed E-state index contributed by atoms with van der Waals surface area (Å²) in [5.74, 6) is 0.168. The van der Waals surface area contributed by atoms with Gasteiger partial charge in [0.2, 0.25) is 0 Å². The van der Waals surface area contributed by atoms with E-state index in [-0.39, 0.29) is 25.1 Å². The highest BCUT2D eigenvalue weighted by Crippen LogP contribution is 2.27. The number of rotatable bonds is 6. The summed E-state index contributed by atoms with van der Waals surface area (Å²) in [7, 11) is 0. The number of aliphatic hydroxyl groups is 1. The molecular formula is C17H21N3O4. The Morgan fingerprint density at radius 1 is 1.29 bits per heavy atom. The van der Waals surface area contributed by atoms with Crippen molar-refractivity contribution in [2.75, 3.05) is 12.3 Å². The second-order valence-electron chi connectivity index (χ2n) is 5.79. The van der Waals surface area contributed by atoms with Crippen molar-refractivity contribution in [1.82, 2.24) is 9.55 Å². The van der Waals surface area contributed by atoms with E-state index in [0.717, 1.165) is 5.56 Å². The number of aliphatic hydroxyl groups excluding tert-OH is 1. The minimum absolute atomic E-state index is 0.0549. The average molecular weight is 331 g/mol. The first-order valence-corrected chi connectivity index (χ1v) is 7.93. The maximum atomic E-state index is 12.1. The molecule has 128 valence electrons. The predicted octanol–water partition coefficient (Wildman–Crippen LogP) is 1.21. The van der Waals surface area contributed by atoms with Gasteiger partial charge in [0, 0.05) is 11.8 Å². The minimum Gasteiger partial charge on any atom is -0.394 e. The second-order valence-corrected chi connectivity index (χ2v) is 5.79. The van der Waals surface area contributed by atoms with Gasteiger partial charge >= 0.3 is 5.69 Å². The lowest BCUT2D eigenvalue weighted by Gasteiger charge is -2.16. The van der Waals surface area contributed by atoms with E-state index in [1.54, 1.807) is 6.20 Å². The lowest BCUT2D eigenvalue weighted by atomic mass is 10.2. The van der Waals surface area contributed by atoms with Crippen molar-refractivity contribution in [2.24, 2.45) is 0 Å². The zero-order valence-corrected chi connectivity index (χ0v) is 13.3. The Bertz CT molecular complexity index is 732. The molecule has 3 rings (SSSR count). The maximum Gasteiger partial charge on any atom is 0.351 e. The van der Waals surface area contributed by atoms with Crippen LogP contribution in [0.25, 0.3) is 0 Å². The van der Waals surface area contributed by atoms with E-state index in [1.165, 1.54) is 4.57 Å². The van der Waals surface area contributed by atoms with Crippen molar-refractivity contribution < 1.29 is 14.6 Å². The molecule has 2 heterocycles. The number of hydrogen-bond acceptors (Lipinski definition) is 6. The third-order valence-electron chi connectivity index (χ3n) is 4.03. The number of anilines is 1. The molecule has 7 heteroatoms. The minimum atomic E-state index is -0.456. The number of nitrogens with zero attached hydrogens (tertiary/aromatic N) is 2. The van der Waals surface area contributed by atoms with Crippen LogP contribution in [0.15, 0.2) is 41.3 Å². The number of nitrogen functional groups attached to an aromatic ring is 1. The summed E-state index contributed by atoms with van der Waals surface area (Å²) >= 11 is 0. The number of aromatic nitrogens is 2. The van der Waals surface area contributed by atoms with E-state index in [4.69, 9.17) is 20.3 Å². The van der Waals surface area contributed by atoms with Crippen LogP contribution >= 0.6 is 0 Å². The van der Waals surface area contributed by atoms with Crippen LogP contribution in [0.4, 0.5) is 5.82 Å². The Morgan fingerprint density at radius 2 is 2.08 bits per heavy atom. The molecule has 1 fully saturated rings. The fraction of sp³-hybridized carbons (Fsp3) is 0.412. The monoisotopic (exact) mass is 331 g/mol. The van der Waals surface area contributed by atoms with Crippen LogP contribution in [0.2, 0.25) is 0 Å². The molecule has 0 spiro atoms. The lowest BCUT2D eigenvalue weighted by molar-refractivity contribution is -0.0248. The van der Waals surface area contributed by atoms with Crippen LogP contribution < -0.4 is 11.4 Å². The van der Waals surface area contributed by atoms with Crippen LogP contribution in [-0.4, -0.2) is 27.4 Å². The second kappa shape index (κ2) is 7.57. The molecule has 0 saturated carbocycles. The molecule has 2 atom stereocenters. The van der Waals surface area contributed by atoms with Crippen molar-refractivity contribution in [3.05, 3.63) is 58.1 Å². The Labute approximate surface area is 139 Å². The standard InChI is InChI=1S/C17H21N3O4/c18-16-13(11-23-10-12-4-2-1-3-5-12)8-20(17(22)19-16)15-7-6-14(9-21)24-15/h1-5,8,14-15,21H,6-7,9-11H2,(H2,18,19,22)/t14-,15-/m0/s1. The molecule has 2 aromatic rings. The van der Waals surface area contributed by atoms with E-state index < -0.39 is 11.9 Å². The van der Waals surface area contributed by atoms with Gasteiger partial charge in [-0.3, -0.25) is 4.57 Å². The summed E-state index contributed by atoms with van der Waals surface area (Å²) in [6.07, 6.45) is 2.34. The Hall–Kier alpha value is -2.22. The third kappa shape index (κ3) is 3.81. The summed E-state index contributed by atoms with van der Waals surface area (Å²) < 4.78 is 12.7. The van der Waals surface area contributed by atoms with Gasteiger partial charge in [0.25, 0.3) is 0 Å². The van der Waals surface area contributed by atoms with Gasteiger partial charge < -0.3 is 20.3 Å². The third-order valence-corrected chi connectivity index (χ3v) is 4.03. The largest absolute Gasteiger partial charge is 0.394 e. The van der Waals surface area contributed by atoms with Gasteiger partial charge in [-0.05, 0) is 18.4 Å². The summed E-state index contributed by atoms with van der Waals surface area (Å²) in [5.41, 5.74) is 7.08. The van der Waals surface area contributed by atoms with Crippen LogP contribution in [0.1, 0.15) is 30.2 Å². The molecule has 0 unspecified atom stereocenters. The van der Waals surface area contributed by atoms with Gasteiger partial charge in [0.05, 0.1) is 25.9 Å². The highest BCUT2D eigenvalue weighted by molar-refractivity contribution is 5.36. The van der Waals surface area contributed by atoms with Gasteiger partial charge in [-0.1, -0.05) is 30.3 Å². The van der Waals surface area contributed by atoms with Crippen LogP contribution in [0, 0.1) is 0 Å². The highest BCUT2D eigenvalue weighted by Gasteiger charge is 2.27. The first-order valence-electron chi connectivity index (χ1n) is 7.93. The van der Waals surface area contributed by atoms with E-state index in [9.17, 15) is 4.79 Å². The van der Waals surface area contributed by atoms with Crippen LogP contribution in [-0.2, 0) is 22.7 Å². The van der Waals surface area contributed by atoms with Crippen LogP contribution in [0.5, 0.6) is 0 Å². The normalized spacial score (nSPS) is 20.4. The molecule has 0 bridgehead atoms. The molecule has 1 saturated heterocycles. The summed E-state index contributed by atoms with van der Waals surface area (Å²) in [4.78, 5) is 15.9. The summed E-state index contributed by atoms with van der Waals surface area (Å²) in [6, 6.07) is 9.80. The van der Waals surface area contributed by atoms with E-state index >= 15 is 0 Å². The summed E-state index contributed by atoms with van der Waals surface area (Å²) in [5, 5.41) is 9.16. The van der Waals surface area contributed by atoms with Gasteiger partial charge in [0.1, 0.15) is 12.0 Å². The van der Waals surface area contributed by atoms with Gasteiger partial charge in [-0.25, -0.2) is 4.79 Å². The first-order chi connectivity index (χ1) is 11.7. The van der Waals surface area contributed by atoms with Crippen molar-refractivity contribution in [1.29, 1.82) is 0 Å². The SMILES string of the molecule is Nc1nc(=O)n([C@@H]2CC[C@@H](CO)O2)cc1COCc1ccccc1. The smallest absolute Gasteiger partial charge is 0.351 e. The van der Waals surface area contributed by atoms with Gasteiger partial charge in [-0.2, -0.15) is 4.98 Å². The molecule has 0 aliphatic carbocycles. The first kappa shape index (κ1) is 16.6. The number of hydrogen-bond donors (Lipinski definition) is 2. The molecule has 1 aliphatic heterocycles. The summed E-state index contributed by atoms with van der Waals surface area (Å²) in [6.45, 7) is 0.650. The van der Waals surface area contributed by atoms with Gasteiger partial charge in [0.15, 0.2) is 0 Å². The Kier molecular flexibility index (Phi) is 5.24. The van der Waals surface area contributed by atoms with Crippen LogP contribution in [0.3, 0.4) is 0 Å². The molecule has 3 N–H and O–H groups in total. The zero-order valence-electron chi connectivity index (χ0n) is 13.3. The van der Waals surface area contributed by atoms with E-state index in [2.05, 4.69) is 4.98 Å². The number of ether oxygens (including phenoxy) is 2. The zero-order chi connectivity index (χ0) is 16.9. The maximum absolute atomic E-state index is 12.1. The van der Waals surface area contributed by atoms with E-state index in [1.807, 2.05) is 30.3 Å². The van der Waals surface area contributed by atoms with Crippen molar-refractivity contribution in [3.8, 4) is 0 Å².